The summed E-state index contributed by atoms with van der Waals surface area (Å²) in [6.45, 7) is 1.54. The van der Waals surface area contributed by atoms with Crippen LogP contribution in [0.4, 0.5) is 11.4 Å². The first kappa shape index (κ1) is 24.9. The molecule has 0 aliphatic carbocycles. The highest BCUT2D eigenvalue weighted by molar-refractivity contribution is 7.93. The molecule has 0 atom stereocenters. The molecule has 4 rings (SSSR count). The van der Waals surface area contributed by atoms with Gasteiger partial charge in [-0.2, -0.15) is 4.31 Å². The van der Waals surface area contributed by atoms with Crippen molar-refractivity contribution in [3.05, 3.63) is 98.8 Å². The molecule has 0 unspecified atom stereocenters. The van der Waals surface area contributed by atoms with Crippen LogP contribution in [0.5, 0.6) is 0 Å². The van der Waals surface area contributed by atoms with Crippen LogP contribution in [-0.4, -0.2) is 32.3 Å². The van der Waals surface area contributed by atoms with Crippen LogP contribution in [0.3, 0.4) is 0 Å². The lowest BCUT2D eigenvalue weighted by molar-refractivity contribution is -0.385. The van der Waals surface area contributed by atoms with Gasteiger partial charge in [-0.15, -0.1) is 0 Å². The summed E-state index contributed by atoms with van der Waals surface area (Å²) in [4.78, 5) is 36.0. The Balaban J connectivity index is 1.99. The molecule has 0 radical (unpaired) electrons. The maximum Gasteiger partial charge on any atom is 0.342 e. The number of hydrogen-bond acceptors (Lipinski definition) is 8. The maximum atomic E-state index is 13.8. The first-order chi connectivity index (χ1) is 17.1. The molecule has 0 N–H and O–H groups in total. The molecule has 0 bridgehead atoms. The number of esters is 1. The van der Waals surface area contributed by atoms with Gasteiger partial charge in [0.25, 0.3) is 21.6 Å². The lowest BCUT2D eigenvalue weighted by Gasteiger charge is -2.23. The highest BCUT2D eigenvalue weighted by Crippen LogP contribution is 2.34. The Bertz CT molecular complexity index is 1650. The lowest BCUT2D eigenvalue weighted by Crippen LogP contribution is -2.37. The fraction of sp³-hybridized carbons (Fsp3) is 0.0833. The Morgan fingerprint density at radius 1 is 1.06 bits per heavy atom. The third-order valence-electron chi connectivity index (χ3n) is 5.33. The van der Waals surface area contributed by atoms with Gasteiger partial charge in [-0.25, -0.2) is 13.2 Å². The summed E-state index contributed by atoms with van der Waals surface area (Å²) in [5, 5.41) is 11.5. The van der Waals surface area contributed by atoms with Crippen molar-refractivity contribution in [1.82, 2.24) is 0 Å². The smallest absolute Gasteiger partial charge is 0.342 e. The van der Waals surface area contributed by atoms with Crippen LogP contribution in [-0.2, 0) is 14.8 Å². The van der Waals surface area contributed by atoms with Crippen LogP contribution < -0.4 is 4.31 Å². The number of rotatable bonds is 6. The van der Waals surface area contributed by atoms with Crippen molar-refractivity contribution in [1.29, 1.82) is 0 Å². The third kappa shape index (κ3) is 4.30. The Kier molecular flexibility index (Phi) is 6.53. The van der Waals surface area contributed by atoms with Gasteiger partial charge >= 0.3 is 5.97 Å². The molecule has 12 heteroatoms. The number of nitrogens with zero attached hydrogens (tertiary/aromatic N) is 2. The molecule has 1 aromatic heterocycles. The number of furan rings is 1. The number of fused-ring (bicyclic) bond motifs is 1. The quantitative estimate of drug-likeness (QED) is 0.191. The number of ether oxygens (including phenoxy) is 1. The maximum absolute atomic E-state index is 13.8. The number of sulfonamides is 1. The third-order valence-corrected chi connectivity index (χ3v) is 7.36. The van der Waals surface area contributed by atoms with Crippen LogP contribution in [0.2, 0.25) is 5.02 Å². The Hall–Kier alpha value is -4.22. The minimum absolute atomic E-state index is 0.00257. The van der Waals surface area contributed by atoms with Crippen molar-refractivity contribution < 1.29 is 32.1 Å². The average Bonchev–Trinajstić information content (AvgIpc) is 3.18. The number of hydrogen-bond donors (Lipinski definition) is 0. The van der Waals surface area contributed by atoms with Gasteiger partial charge in [0.2, 0.25) is 0 Å². The second kappa shape index (κ2) is 9.44. The van der Waals surface area contributed by atoms with Gasteiger partial charge in [-0.1, -0.05) is 29.8 Å². The number of carbonyl (C=O) groups is 2. The van der Waals surface area contributed by atoms with E-state index in [1.807, 2.05) is 0 Å². The number of halogens is 1. The van der Waals surface area contributed by atoms with Gasteiger partial charge in [-0.3, -0.25) is 14.9 Å². The molecule has 1 heterocycles. The summed E-state index contributed by atoms with van der Waals surface area (Å²) in [5.41, 5.74) is -0.424. The number of nitro benzene ring substituents is 1. The standard InChI is InChI=1S/C24H17ClN2O8S/c1-14-22(24(29)34-2)19-13-15(10-11-21(19)35-14)26(23(28)18-8-3-4-9-20(18)25)36(32,33)17-7-5-6-16(12-17)27(30)31/h3-13H,1-2H3. The van der Waals surface area contributed by atoms with Crippen LogP contribution in [0, 0.1) is 17.0 Å². The number of amides is 1. The highest BCUT2D eigenvalue weighted by Gasteiger charge is 2.34. The fourth-order valence-electron chi connectivity index (χ4n) is 3.66. The minimum atomic E-state index is -4.70. The Morgan fingerprint density at radius 2 is 1.78 bits per heavy atom. The van der Waals surface area contributed by atoms with E-state index >= 15 is 0 Å². The van der Waals surface area contributed by atoms with E-state index in [0.717, 1.165) is 18.2 Å². The number of anilines is 1. The van der Waals surface area contributed by atoms with E-state index in [4.69, 9.17) is 20.8 Å². The number of benzene rings is 3. The number of aryl methyl sites for hydroxylation is 1. The van der Waals surface area contributed by atoms with Gasteiger partial charge in [0, 0.05) is 17.5 Å². The van der Waals surface area contributed by atoms with Crippen molar-refractivity contribution in [2.75, 3.05) is 11.4 Å². The van der Waals surface area contributed by atoms with E-state index in [-0.39, 0.29) is 38.6 Å². The molecule has 10 nitrogen and oxygen atoms in total. The molecule has 0 saturated heterocycles. The zero-order chi connectivity index (χ0) is 26.2. The van der Waals surface area contributed by atoms with E-state index in [1.165, 1.54) is 49.6 Å². The van der Waals surface area contributed by atoms with E-state index in [0.29, 0.717) is 4.31 Å². The van der Waals surface area contributed by atoms with Crippen LogP contribution in [0.1, 0.15) is 26.5 Å². The van der Waals surface area contributed by atoms with E-state index in [2.05, 4.69) is 0 Å². The molecule has 0 spiro atoms. The SMILES string of the molecule is COC(=O)c1c(C)oc2ccc(N(C(=O)c3ccccc3Cl)S(=O)(=O)c3cccc([N+](=O)[O-])c3)cc12. The molecule has 0 aliphatic rings. The second-order valence-electron chi connectivity index (χ2n) is 7.51. The summed E-state index contributed by atoms with van der Waals surface area (Å²) >= 11 is 6.19. The summed E-state index contributed by atoms with van der Waals surface area (Å²) in [7, 11) is -3.52. The minimum Gasteiger partial charge on any atom is -0.465 e. The van der Waals surface area contributed by atoms with Crippen LogP contribution >= 0.6 is 11.6 Å². The zero-order valence-corrected chi connectivity index (χ0v) is 20.4. The molecule has 4 aromatic rings. The van der Waals surface area contributed by atoms with Crippen molar-refractivity contribution in [2.24, 2.45) is 0 Å². The average molecular weight is 529 g/mol. The van der Waals surface area contributed by atoms with E-state index in [1.54, 1.807) is 13.0 Å². The lowest BCUT2D eigenvalue weighted by atomic mass is 10.1. The topological polar surface area (TPSA) is 137 Å². The summed E-state index contributed by atoms with van der Waals surface area (Å²) < 4.78 is 38.4. The fourth-order valence-corrected chi connectivity index (χ4v) is 5.32. The molecule has 0 fully saturated rings. The van der Waals surface area contributed by atoms with Crippen LogP contribution in [0.25, 0.3) is 11.0 Å². The predicted octanol–water partition coefficient (Wildman–Crippen LogP) is 5.13. The van der Waals surface area contributed by atoms with Crippen LogP contribution in [0.15, 0.2) is 76.0 Å². The molecular formula is C24H17ClN2O8S. The molecule has 0 aliphatic heterocycles. The predicted molar refractivity (Wildman–Crippen MR) is 131 cm³/mol. The largest absolute Gasteiger partial charge is 0.465 e. The number of methoxy groups -OCH3 is 1. The first-order valence-electron chi connectivity index (χ1n) is 10.3. The second-order valence-corrected chi connectivity index (χ2v) is 9.71. The summed E-state index contributed by atoms with van der Waals surface area (Å²) in [5.74, 6) is -1.49. The van der Waals surface area contributed by atoms with Crippen molar-refractivity contribution in [3.8, 4) is 0 Å². The molecule has 1 amide bonds. The number of nitro groups is 1. The normalized spacial score (nSPS) is 11.3. The van der Waals surface area contributed by atoms with Crippen molar-refractivity contribution in [3.63, 3.8) is 0 Å². The highest BCUT2D eigenvalue weighted by atomic mass is 35.5. The zero-order valence-electron chi connectivity index (χ0n) is 18.8. The summed E-state index contributed by atoms with van der Waals surface area (Å²) in [6, 6.07) is 14.2. The first-order valence-corrected chi connectivity index (χ1v) is 12.1. The number of carbonyl (C=O) groups excluding carboxylic acids is 2. The van der Waals surface area contributed by atoms with E-state index in [9.17, 15) is 28.1 Å². The molecule has 0 saturated carbocycles. The van der Waals surface area contributed by atoms with Crippen molar-refractivity contribution >= 4 is 55.8 Å². The van der Waals surface area contributed by atoms with Gasteiger partial charge in [-0.05, 0) is 43.3 Å². The monoisotopic (exact) mass is 528 g/mol. The molecular weight excluding hydrogens is 512 g/mol. The van der Waals surface area contributed by atoms with Gasteiger partial charge in [0.15, 0.2) is 0 Å². The molecule has 36 heavy (non-hydrogen) atoms. The van der Waals surface area contributed by atoms with Gasteiger partial charge in [0.1, 0.15) is 16.9 Å². The van der Waals surface area contributed by atoms with E-state index < -0.39 is 37.4 Å². The number of non-ortho nitro benzene ring substituents is 1. The molecule has 184 valence electrons. The van der Waals surface area contributed by atoms with Gasteiger partial charge < -0.3 is 9.15 Å². The Morgan fingerprint density at radius 3 is 2.44 bits per heavy atom. The Labute approximate surface area is 209 Å². The molecule has 3 aromatic carbocycles. The summed E-state index contributed by atoms with van der Waals surface area (Å²) in [6.07, 6.45) is 0. The van der Waals surface area contributed by atoms with Crippen molar-refractivity contribution in [2.45, 2.75) is 11.8 Å². The van der Waals surface area contributed by atoms with Gasteiger partial charge in [0.05, 0.1) is 33.2 Å².